The van der Waals surface area contributed by atoms with Crippen LogP contribution in [0, 0.1) is 17.2 Å². The highest BCUT2D eigenvalue weighted by molar-refractivity contribution is 5.95. The van der Waals surface area contributed by atoms with E-state index in [4.69, 9.17) is 0 Å². The highest BCUT2D eigenvalue weighted by atomic mass is 16.2. The minimum absolute atomic E-state index is 0.0383. The minimum atomic E-state index is -0.823. The number of nitrogens with zero attached hydrogens (tertiary/aromatic N) is 1. The minimum Gasteiger partial charge on any atom is -0.356 e. The van der Waals surface area contributed by atoms with Gasteiger partial charge in [-0.2, -0.15) is 5.26 Å². The maximum absolute atomic E-state index is 13.2. The van der Waals surface area contributed by atoms with Crippen molar-refractivity contribution in [3.63, 3.8) is 0 Å². The van der Waals surface area contributed by atoms with Crippen LogP contribution in [-0.4, -0.2) is 36.3 Å². The molecule has 176 valence electrons. The van der Waals surface area contributed by atoms with Crippen molar-refractivity contribution in [2.75, 3.05) is 6.54 Å². The number of rotatable bonds is 10. The van der Waals surface area contributed by atoms with Crippen molar-refractivity contribution in [3.05, 3.63) is 77.9 Å². The van der Waals surface area contributed by atoms with Crippen LogP contribution in [0.5, 0.6) is 0 Å². The van der Waals surface area contributed by atoms with Crippen molar-refractivity contribution in [1.29, 1.82) is 5.26 Å². The van der Waals surface area contributed by atoms with Crippen LogP contribution in [0.3, 0.4) is 0 Å². The van der Waals surface area contributed by atoms with Gasteiger partial charge in [0.2, 0.25) is 17.7 Å². The molecule has 1 aliphatic heterocycles. The van der Waals surface area contributed by atoms with E-state index in [0.29, 0.717) is 19.4 Å². The van der Waals surface area contributed by atoms with Gasteiger partial charge in [0.05, 0.1) is 12.5 Å². The maximum Gasteiger partial charge on any atom is 0.244 e. The molecular formula is C27H30N4O3. The third-order valence-electron chi connectivity index (χ3n) is 5.79. The zero-order chi connectivity index (χ0) is 24.2. The number of nitrogens with one attached hydrogen (secondary N) is 3. The van der Waals surface area contributed by atoms with E-state index in [1.807, 2.05) is 60.7 Å². The molecule has 34 heavy (non-hydrogen) atoms. The monoisotopic (exact) mass is 458 g/mol. The van der Waals surface area contributed by atoms with Gasteiger partial charge in [-0.25, -0.2) is 0 Å². The Balaban J connectivity index is 1.69. The van der Waals surface area contributed by atoms with Crippen molar-refractivity contribution < 1.29 is 14.4 Å². The van der Waals surface area contributed by atoms with Crippen LogP contribution in [0.4, 0.5) is 0 Å². The molecule has 1 heterocycles. The molecule has 0 aromatic heterocycles. The molecule has 1 aliphatic rings. The molecule has 3 N–H and O–H groups in total. The smallest absolute Gasteiger partial charge is 0.244 e. The van der Waals surface area contributed by atoms with Gasteiger partial charge >= 0.3 is 0 Å². The number of carbonyl (C=O) groups excluding carboxylic acids is 3. The van der Waals surface area contributed by atoms with E-state index >= 15 is 0 Å². The number of hydrogen-bond acceptors (Lipinski definition) is 4. The molecule has 3 amide bonds. The summed E-state index contributed by atoms with van der Waals surface area (Å²) in [6.07, 6.45) is 5.50. The fourth-order valence-corrected chi connectivity index (χ4v) is 4.02. The molecule has 2 aromatic carbocycles. The topological polar surface area (TPSA) is 111 Å². The zero-order valence-corrected chi connectivity index (χ0v) is 19.1. The standard InChI is InChI=1S/C27H30N4O3/c28-16-15-23(19-22-12-7-17-29-26(22)33)30-27(34)24(18-21-10-5-2-6-11-21)31-25(32)14-13-20-8-3-1-4-9-20/h1-6,8-11,13-14,22-24H,7,12,15,17-19H2,(H,29,33)(H,30,34)(H,31,32)/b14-13+/t22-,23+,24-/m0/s1. The fourth-order valence-electron chi connectivity index (χ4n) is 4.02. The predicted molar refractivity (Wildman–Crippen MR) is 130 cm³/mol. The van der Waals surface area contributed by atoms with Crippen molar-refractivity contribution in [2.45, 2.75) is 44.2 Å². The lowest BCUT2D eigenvalue weighted by Gasteiger charge is -2.27. The average Bonchev–Trinajstić information content (AvgIpc) is 2.85. The van der Waals surface area contributed by atoms with Crippen molar-refractivity contribution >= 4 is 23.8 Å². The molecule has 3 atom stereocenters. The van der Waals surface area contributed by atoms with E-state index < -0.39 is 12.1 Å². The second kappa shape index (κ2) is 12.9. The molecule has 0 spiro atoms. The largest absolute Gasteiger partial charge is 0.356 e. The lowest BCUT2D eigenvalue weighted by molar-refractivity contribution is -0.129. The number of hydrogen-bond donors (Lipinski definition) is 3. The second-order valence-corrected chi connectivity index (χ2v) is 8.43. The van der Waals surface area contributed by atoms with E-state index in [1.54, 1.807) is 6.08 Å². The lowest BCUT2D eigenvalue weighted by Crippen LogP contribution is -2.51. The Morgan fingerprint density at radius 2 is 1.79 bits per heavy atom. The third-order valence-corrected chi connectivity index (χ3v) is 5.79. The van der Waals surface area contributed by atoms with Gasteiger partial charge in [0, 0.05) is 31.0 Å². The Morgan fingerprint density at radius 3 is 2.47 bits per heavy atom. The summed E-state index contributed by atoms with van der Waals surface area (Å²) in [4.78, 5) is 38.0. The van der Waals surface area contributed by atoms with Gasteiger partial charge in [0.25, 0.3) is 0 Å². The Kier molecular flexibility index (Phi) is 9.41. The van der Waals surface area contributed by atoms with Gasteiger partial charge in [0.1, 0.15) is 6.04 Å². The summed E-state index contributed by atoms with van der Waals surface area (Å²) >= 11 is 0. The number of carbonyl (C=O) groups is 3. The highest BCUT2D eigenvalue weighted by Gasteiger charge is 2.28. The van der Waals surface area contributed by atoms with Crippen LogP contribution >= 0.6 is 0 Å². The lowest BCUT2D eigenvalue weighted by atomic mass is 9.90. The molecule has 1 saturated heterocycles. The van der Waals surface area contributed by atoms with Crippen molar-refractivity contribution in [1.82, 2.24) is 16.0 Å². The molecular weight excluding hydrogens is 428 g/mol. The normalized spacial score (nSPS) is 17.3. The summed E-state index contributed by atoms with van der Waals surface area (Å²) in [5.41, 5.74) is 1.78. The summed E-state index contributed by atoms with van der Waals surface area (Å²) in [6, 6.07) is 19.7. The van der Waals surface area contributed by atoms with Crippen LogP contribution in [0.15, 0.2) is 66.7 Å². The number of benzene rings is 2. The number of amides is 3. The molecule has 7 heteroatoms. The van der Waals surface area contributed by atoms with Crippen molar-refractivity contribution in [3.8, 4) is 6.07 Å². The van der Waals surface area contributed by atoms with Gasteiger partial charge in [0.15, 0.2) is 0 Å². The molecule has 2 aromatic rings. The van der Waals surface area contributed by atoms with E-state index in [0.717, 1.165) is 24.0 Å². The third kappa shape index (κ3) is 7.89. The van der Waals surface area contributed by atoms with Crippen LogP contribution in [0.1, 0.15) is 36.8 Å². The first-order valence-electron chi connectivity index (χ1n) is 11.6. The molecule has 3 rings (SSSR count). The molecule has 0 saturated carbocycles. The first-order chi connectivity index (χ1) is 16.5. The Labute approximate surface area is 200 Å². The van der Waals surface area contributed by atoms with E-state index in [9.17, 15) is 19.6 Å². The van der Waals surface area contributed by atoms with Gasteiger partial charge < -0.3 is 16.0 Å². The summed E-state index contributed by atoms with van der Waals surface area (Å²) in [7, 11) is 0. The van der Waals surface area contributed by atoms with E-state index in [-0.39, 0.29) is 30.1 Å². The molecule has 0 aliphatic carbocycles. The second-order valence-electron chi connectivity index (χ2n) is 8.43. The average molecular weight is 459 g/mol. The summed E-state index contributed by atoms with van der Waals surface area (Å²) in [6.45, 7) is 0.659. The van der Waals surface area contributed by atoms with Crippen LogP contribution in [0.25, 0.3) is 6.08 Å². The SMILES string of the molecule is N#CC[C@H](C[C@@H]1CCCNC1=O)NC(=O)[C@H](Cc1ccccc1)NC(=O)/C=C/c1ccccc1. The van der Waals surface area contributed by atoms with Gasteiger partial charge in [-0.3, -0.25) is 14.4 Å². The quantitative estimate of drug-likeness (QED) is 0.475. The van der Waals surface area contributed by atoms with Crippen LogP contribution in [-0.2, 0) is 20.8 Å². The van der Waals surface area contributed by atoms with E-state index in [2.05, 4.69) is 22.0 Å². The molecule has 1 fully saturated rings. The van der Waals surface area contributed by atoms with E-state index in [1.165, 1.54) is 6.08 Å². The maximum atomic E-state index is 13.2. The summed E-state index contributed by atoms with van der Waals surface area (Å²) < 4.78 is 0. The fraction of sp³-hybridized carbons (Fsp3) is 0.333. The van der Waals surface area contributed by atoms with Gasteiger partial charge in [-0.15, -0.1) is 0 Å². The van der Waals surface area contributed by atoms with Gasteiger partial charge in [-0.05, 0) is 36.5 Å². The Hall–Kier alpha value is -3.92. The predicted octanol–water partition coefficient (Wildman–Crippen LogP) is 2.74. The van der Waals surface area contributed by atoms with Crippen molar-refractivity contribution in [2.24, 2.45) is 5.92 Å². The molecule has 7 nitrogen and oxygen atoms in total. The molecule has 0 unspecified atom stereocenters. The Bertz CT molecular complexity index is 1030. The summed E-state index contributed by atoms with van der Waals surface area (Å²) in [5.74, 6) is -1.03. The Morgan fingerprint density at radius 1 is 1.09 bits per heavy atom. The van der Waals surface area contributed by atoms with Gasteiger partial charge in [-0.1, -0.05) is 60.7 Å². The highest BCUT2D eigenvalue weighted by Crippen LogP contribution is 2.19. The number of nitriles is 1. The molecule has 0 bridgehead atoms. The number of piperidine rings is 1. The zero-order valence-electron chi connectivity index (χ0n) is 19.1. The van der Waals surface area contributed by atoms with Crippen LogP contribution in [0.2, 0.25) is 0 Å². The summed E-state index contributed by atoms with van der Waals surface area (Å²) in [5, 5.41) is 17.8. The first-order valence-corrected chi connectivity index (χ1v) is 11.6. The van der Waals surface area contributed by atoms with Crippen LogP contribution < -0.4 is 16.0 Å². The first kappa shape index (κ1) is 24.7. The molecule has 0 radical (unpaired) electrons.